The van der Waals surface area contributed by atoms with Crippen molar-refractivity contribution in [1.82, 2.24) is 15.0 Å². The first-order chi connectivity index (χ1) is 9.97. The Balaban J connectivity index is 2.18. The number of carbonyl (C=O) groups is 1. The number of methoxy groups -OCH3 is 1. The third-order valence-electron chi connectivity index (χ3n) is 3.85. The number of hydrazone groups is 1. The summed E-state index contributed by atoms with van der Waals surface area (Å²) in [4.78, 5) is 11.9. The summed E-state index contributed by atoms with van der Waals surface area (Å²) < 4.78 is 7.18. The third-order valence-corrected chi connectivity index (χ3v) is 3.85. The van der Waals surface area contributed by atoms with E-state index in [9.17, 15) is 4.79 Å². The van der Waals surface area contributed by atoms with Crippen LogP contribution in [0.4, 0.5) is 0 Å². The van der Waals surface area contributed by atoms with Crippen molar-refractivity contribution in [3.63, 3.8) is 0 Å². The molecule has 0 aliphatic carbocycles. The Labute approximate surface area is 122 Å². The van der Waals surface area contributed by atoms with E-state index in [1.165, 1.54) is 0 Å². The number of aryl methyl sites for hydroxylation is 1. The summed E-state index contributed by atoms with van der Waals surface area (Å²) in [5.74, 6) is 0.527. The molecule has 2 aromatic heterocycles. The van der Waals surface area contributed by atoms with Crippen molar-refractivity contribution in [1.29, 1.82) is 0 Å². The molecule has 21 heavy (non-hydrogen) atoms. The first-order valence-electron chi connectivity index (χ1n) is 6.93. The van der Waals surface area contributed by atoms with E-state index in [1.54, 1.807) is 11.6 Å². The van der Waals surface area contributed by atoms with E-state index in [-0.39, 0.29) is 5.91 Å². The molecule has 2 aromatic rings. The number of rotatable bonds is 3. The topological polar surface area (TPSA) is 68.0 Å². The summed E-state index contributed by atoms with van der Waals surface area (Å²) in [6.45, 7) is 5.78. The van der Waals surface area contributed by atoms with Gasteiger partial charge in [-0.05, 0) is 32.4 Å². The number of ether oxygens (including phenoxy) is 1. The van der Waals surface area contributed by atoms with Crippen LogP contribution in [0, 0.1) is 5.41 Å². The van der Waals surface area contributed by atoms with E-state index < -0.39 is 5.41 Å². The molecule has 0 radical (unpaired) electrons. The molecule has 0 fully saturated rings. The third kappa shape index (κ3) is 1.98. The minimum atomic E-state index is -0.656. The van der Waals surface area contributed by atoms with Gasteiger partial charge in [-0.15, -0.1) is 0 Å². The minimum absolute atomic E-state index is 0.0981. The van der Waals surface area contributed by atoms with Gasteiger partial charge in [0.2, 0.25) is 5.88 Å². The second kappa shape index (κ2) is 4.58. The zero-order valence-electron chi connectivity index (χ0n) is 12.6. The maximum Gasteiger partial charge on any atom is 0.251 e. The van der Waals surface area contributed by atoms with Crippen LogP contribution in [0.3, 0.4) is 0 Å². The standard InChI is InChI=1S/C15H18N4O2/c1-5-10-8-11-6-9(7-12(21-4)19(11)18-10)13-15(2,3)14(20)17-16-13/h6-8H,5H2,1-4H3,(H,17,20). The smallest absolute Gasteiger partial charge is 0.251 e. The highest BCUT2D eigenvalue weighted by Crippen LogP contribution is 2.29. The highest BCUT2D eigenvalue weighted by atomic mass is 16.5. The molecule has 110 valence electrons. The monoisotopic (exact) mass is 286 g/mol. The molecule has 0 aromatic carbocycles. The zero-order chi connectivity index (χ0) is 15.2. The normalized spacial score (nSPS) is 17.0. The lowest BCUT2D eigenvalue weighted by Gasteiger charge is -2.17. The van der Waals surface area contributed by atoms with Gasteiger partial charge in [-0.25, -0.2) is 9.94 Å². The minimum Gasteiger partial charge on any atom is -0.481 e. The number of aromatic nitrogens is 2. The molecule has 6 nitrogen and oxygen atoms in total. The van der Waals surface area contributed by atoms with Crippen molar-refractivity contribution in [3.05, 3.63) is 29.5 Å². The molecule has 6 heteroatoms. The maximum absolute atomic E-state index is 11.9. The fourth-order valence-electron chi connectivity index (χ4n) is 2.50. The average Bonchev–Trinajstić information content (AvgIpc) is 2.99. The van der Waals surface area contributed by atoms with Crippen LogP contribution in [0.1, 0.15) is 32.0 Å². The first kappa shape index (κ1) is 13.6. The van der Waals surface area contributed by atoms with Crippen LogP contribution in [0.5, 0.6) is 5.88 Å². The fraction of sp³-hybridized carbons (Fsp3) is 0.400. The number of nitrogens with zero attached hydrogens (tertiary/aromatic N) is 3. The van der Waals surface area contributed by atoms with Gasteiger partial charge in [0.1, 0.15) is 0 Å². The zero-order valence-corrected chi connectivity index (χ0v) is 12.6. The molecule has 0 saturated heterocycles. The SMILES string of the molecule is CCc1cc2cc(C3=NNC(=O)C3(C)C)cc(OC)n2n1. The Kier molecular flexibility index (Phi) is 2.97. The Morgan fingerprint density at radius 1 is 1.33 bits per heavy atom. The Bertz CT molecular complexity index is 758. The summed E-state index contributed by atoms with van der Waals surface area (Å²) in [7, 11) is 1.61. The van der Waals surface area contributed by atoms with Gasteiger partial charge in [0.25, 0.3) is 5.91 Å². The van der Waals surface area contributed by atoms with Gasteiger partial charge < -0.3 is 4.74 Å². The molecule has 0 atom stereocenters. The Hall–Kier alpha value is -2.37. The largest absolute Gasteiger partial charge is 0.481 e. The average molecular weight is 286 g/mol. The maximum atomic E-state index is 11.9. The molecule has 1 N–H and O–H groups in total. The van der Waals surface area contributed by atoms with Gasteiger partial charge in [0, 0.05) is 11.6 Å². The number of fused-ring (bicyclic) bond motifs is 1. The predicted molar refractivity (Wildman–Crippen MR) is 79.6 cm³/mol. The summed E-state index contributed by atoms with van der Waals surface area (Å²) in [5, 5.41) is 8.67. The van der Waals surface area contributed by atoms with Crippen LogP contribution in [-0.2, 0) is 11.2 Å². The second-order valence-electron chi connectivity index (χ2n) is 5.64. The van der Waals surface area contributed by atoms with Gasteiger partial charge in [-0.3, -0.25) is 4.79 Å². The van der Waals surface area contributed by atoms with Gasteiger partial charge in [-0.2, -0.15) is 10.2 Å². The van der Waals surface area contributed by atoms with Gasteiger partial charge in [0.15, 0.2) is 0 Å². The van der Waals surface area contributed by atoms with Crippen molar-refractivity contribution >= 4 is 17.1 Å². The molecule has 3 rings (SSSR count). The number of pyridine rings is 1. The molecule has 1 amide bonds. The lowest BCUT2D eigenvalue weighted by Crippen LogP contribution is -2.32. The van der Waals surface area contributed by atoms with E-state index >= 15 is 0 Å². The van der Waals surface area contributed by atoms with Crippen molar-refractivity contribution in [3.8, 4) is 5.88 Å². The molecular weight excluding hydrogens is 268 g/mol. The van der Waals surface area contributed by atoms with Crippen LogP contribution < -0.4 is 10.2 Å². The quantitative estimate of drug-likeness (QED) is 0.935. The summed E-state index contributed by atoms with van der Waals surface area (Å²) >= 11 is 0. The summed E-state index contributed by atoms with van der Waals surface area (Å²) in [5.41, 5.74) is 5.39. The highest BCUT2D eigenvalue weighted by molar-refractivity contribution is 6.19. The fourth-order valence-corrected chi connectivity index (χ4v) is 2.50. The second-order valence-corrected chi connectivity index (χ2v) is 5.64. The van der Waals surface area contributed by atoms with Gasteiger partial charge in [0.05, 0.1) is 29.4 Å². The lowest BCUT2D eigenvalue weighted by molar-refractivity contribution is -0.125. The van der Waals surface area contributed by atoms with E-state index in [0.717, 1.165) is 23.2 Å². The Morgan fingerprint density at radius 3 is 2.67 bits per heavy atom. The van der Waals surface area contributed by atoms with E-state index in [0.29, 0.717) is 11.6 Å². The number of nitrogens with one attached hydrogen (secondary N) is 1. The lowest BCUT2D eigenvalue weighted by atomic mass is 9.84. The molecule has 3 heterocycles. The van der Waals surface area contributed by atoms with Crippen LogP contribution >= 0.6 is 0 Å². The molecule has 0 unspecified atom stereocenters. The van der Waals surface area contributed by atoms with E-state index in [1.807, 2.05) is 32.0 Å². The molecular formula is C15H18N4O2. The predicted octanol–water partition coefficient (Wildman–Crippen LogP) is 1.77. The number of hydrogen-bond donors (Lipinski definition) is 1. The van der Waals surface area contributed by atoms with Gasteiger partial charge >= 0.3 is 0 Å². The van der Waals surface area contributed by atoms with Crippen molar-refractivity contribution in [2.45, 2.75) is 27.2 Å². The molecule has 0 bridgehead atoms. The van der Waals surface area contributed by atoms with Crippen molar-refractivity contribution in [2.75, 3.05) is 7.11 Å². The Morgan fingerprint density at radius 2 is 2.10 bits per heavy atom. The van der Waals surface area contributed by atoms with Gasteiger partial charge in [-0.1, -0.05) is 6.92 Å². The van der Waals surface area contributed by atoms with Crippen LogP contribution in [0.25, 0.3) is 5.52 Å². The van der Waals surface area contributed by atoms with E-state index in [2.05, 4.69) is 22.5 Å². The molecule has 0 saturated carbocycles. The van der Waals surface area contributed by atoms with Crippen LogP contribution in [-0.4, -0.2) is 28.3 Å². The van der Waals surface area contributed by atoms with Crippen LogP contribution in [0.2, 0.25) is 0 Å². The summed E-state index contributed by atoms with van der Waals surface area (Å²) in [6, 6.07) is 5.86. The number of amides is 1. The summed E-state index contributed by atoms with van der Waals surface area (Å²) in [6.07, 6.45) is 0.854. The van der Waals surface area contributed by atoms with Crippen molar-refractivity contribution < 1.29 is 9.53 Å². The van der Waals surface area contributed by atoms with Crippen molar-refractivity contribution in [2.24, 2.45) is 10.5 Å². The molecule has 0 spiro atoms. The number of hydrogen-bond acceptors (Lipinski definition) is 4. The van der Waals surface area contributed by atoms with E-state index in [4.69, 9.17) is 4.74 Å². The molecule has 1 aliphatic rings. The number of carbonyl (C=O) groups excluding carboxylic acids is 1. The molecule has 1 aliphatic heterocycles. The first-order valence-corrected chi connectivity index (χ1v) is 6.93. The highest BCUT2D eigenvalue weighted by Gasteiger charge is 2.39. The van der Waals surface area contributed by atoms with Crippen LogP contribution in [0.15, 0.2) is 23.3 Å².